The van der Waals surface area contributed by atoms with E-state index in [9.17, 15) is 9.59 Å². The Morgan fingerprint density at radius 3 is 2.42 bits per heavy atom. The topological polar surface area (TPSA) is 55.2 Å². The number of halogens is 2. The van der Waals surface area contributed by atoms with Crippen molar-refractivity contribution in [3.05, 3.63) is 58.4 Å². The lowest BCUT2D eigenvalue weighted by Gasteiger charge is -2.14. The lowest BCUT2D eigenvalue weighted by atomic mass is 9.85. The Morgan fingerprint density at radius 2 is 1.77 bits per heavy atom. The zero-order valence-electron chi connectivity index (χ0n) is 13.7. The molecule has 1 saturated heterocycles. The molecular formula is C19H15Cl2N3O2. The minimum Gasteiger partial charge on any atom is -0.274 e. The third-order valence-corrected chi connectivity index (χ3v) is 6.28. The maximum absolute atomic E-state index is 12.8. The van der Waals surface area contributed by atoms with Gasteiger partial charge in [0.15, 0.2) is 0 Å². The van der Waals surface area contributed by atoms with Gasteiger partial charge in [-0.15, -0.1) is 0 Å². The molecule has 26 heavy (non-hydrogen) atoms. The quantitative estimate of drug-likeness (QED) is 0.597. The van der Waals surface area contributed by atoms with Crippen molar-refractivity contribution in [1.82, 2.24) is 9.78 Å². The highest BCUT2D eigenvalue weighted by Gasteiger charge is 2.59. The van der Waals surface area contributed by atoms with E-state index < -0.39 is 0 Å². The Labute approximate surface area is 160 Å². The SMILES string of the molecule is O=C1[C@H]2[C@H](C(=O)N1c1cnn(Cc3ccc(Cl)cc3Cl)c1)[C@H]1C=C[C@H]2C1. The summed E-state index contributed by atoms with van der Waals surface area (Å²) in [6.07, 6.45) is 8.39. The van der Waals surface area contributed by atoms with Gasteiger partial charge in [-0.1, -0.05) is 41.4 Å². The number of hydrogen-bond donors (Lipinski definition) is 0. The standard InChI is InChI=1S/C19H15Cl2N3O2/c20-13-4-3-12(15(21)6-13)8-23-9-14(7-22-23)24-18(25)16-10-1-2-11(5-10)17(16)19(24)26/h1-4,6-7,9-11,16-17H,5,8H2/t10-,11-,16+,17+/m0/s1. The number of nitrogens with zero attached hydrogens (tertiary/aromatic N) is 3. The van der Waals surface area contributed by atoms with E-state index in [1.54, 1.807) is 29.2 Å². The molecule has 0 radical (unpaired) electrons. The second kappa shape index (κ2) is 5.69. The van der Waals surface area contributed by atoms with E-state index in [0.717, 1.165) is 12.0 Å². The van der Waals surface area contributed by atoms with E-state index in [1.165, 1.54) is 4.90 Å². The van der Waals surface area contributed by atoms with Crippen molar-refractivity contribution in [2.24, 2.45) is 23.7 Å². The van der Waals surface area contributed by atoms with Crippen molar-refractivity contribution in [3.8, 4) is 0 Å². The first-order chi connectivity index (χ1) is 12.5. The maximum atomic E-state index is 12.8. The Balaban J connectivity index is 1.41. The van der Waals surface area contributed by atoms with Gasteiger partial charge in [0.1, 0.15) is 0 Å². The fourth-order valence-electron chi connectivity index (χ4n) is 4.54. The van der Waals surface area contributed by atoms with Gasteiger partial charge in [-0.25, -0.2) is 4.90 Å². The smallest absolute Gasteiger partial charge is 0.238 e. The molecule has 0 spiro atoms. The van der Waals surface area contributed by atoms with Crippen LogP contribution in [-0.2, 0) is 16.1 Å². The highest BCUT2D eigenvalue weighted by atomic mass is 35.5. The molecule has 132 valence electrons. The molecule has 2 fully saturated rings. The highest BCUT2D eigenvalue weighted by Crippen LogP contribution is 2.53. The molecule has 2 amide bonds. The second-order valence-corrected chi connectivity index (χ2v) is 7.99. The van der Waals surface area contributed by atoms with Crippen LogP contribution in [0.4, 0.5) is 5.69 Å². The molecule has 1 aromatic carbocycles. The Kier molecular flexibility index (Phi) is 3.52. The minimum atomic E-state index is -0.202. The van der Waals surface area contributed by atoms with Gasteiger partial charge >= 0.3 is 0 Å². The summed E-state index contributed by atoms with van der Waals surface area (Å²) in [6.45, 7) is 0.436. The average Bonchev–Trinajstić information content (AvgIpc) is 3.35. The average molecular weight is 388 g/mol. The van der Waals surface area contributed by atoms with Crippen molar-refractivity contribution < 1.29 is 9.59 Å². The summed E-state index contributed by atoms with van der Waals surface area (Å²) in [5, 5.41) is 5.43. The number of imide groups is 1. The maximum Gasteiger partial charge on any atom is 0.238 e. The van der Waals surface area contributed by atoms with Crippen LogP contribution in [0.5, 0.6) is 0 Å². The van der Waals surface area contributed by atoms with Crippen LogP contribution < -0.4 is 4.90 Å². The van der Waals surface area contributed by atoms with Crippen molar-refractivity contribution in [3.63, 3.8) is 0 Å². The van der Waals surface area contributed by atoms with Crippen LogP contribution >= 0.6 is 23.2 Å². The summed E-state index contributed by atoms with van der Waals surface area (Å²) in [7, 11) is 0. The van der Waals surface area contributed by atoms with Crippen molar-refractivity contribution in [2.45, 2.75) is 13.0 Å². The van der Waals surface area contributed by atoms with Crippen LogP contribution in [0.1, 0.15) is 12.0 Å². The summed E-state index contributed by atoms with van der Waals surface area (Å²) in [5.41, 5.74) is 1.39. The van der Waals surface area contributed by atoms with E-state index in [4.69, 9.17) is 23.2 Å². The molecule has 5 rings (SSSR count). The summed E-state index contributed by atoms with van der Waals surface area (Å²) >= 11 is 12.1. The molecular weight excluding hydrogens is 373 g/mol. The fourth-order valence-corrected chi connectivity index (χ4v) is 5.00. The van der Waals surface area contributed by atoms with Gasteiger partial charge in [-0.2, -0.15) is 5.10 Å². The van der Waals surface area contributed by atoms with Gasteiger partial charge < -0.3 is 0 Å². The van der Waals surface area contributed by atoms with Crippen LogP contribution in [0, 0.1) is 23.7 Å². The third-order valence-electron chi connectivity index (χ3n) is 5.70. The molecule has 2 heterocycles. The van der Waals surface area contributed by atoms with Crippen molar-refractivity contribution in [2.75, 3.05) is 4.90 Å². The number of anilines is 1. The number of rotatable bonds is 3. The first kappa shape index (κ1) is 16.1. The zero-order chi connectivity index (χ0) is 18.0. The molecule has 7 heteroatoms. The molecule has 5 nitrogen and oxygen atoms in total. The van der Waals surface area contributed by atoms with Crippen molar-refractivity contribution >= 4 is 40.7 Å². The van der Waals surface area contributed by atoms with Gasteiger partial charge in [-0.05, 0) is 36.0 Å². The summed E-state index contributed by atoms with van der Waals surface area (Å²) in [4.78, 5) is 27.0. The van der Waals surface area contributed by atoms with Gasteiger partial charge in [0, 0.05) is 16.2 Å². The van der Waals surface area contributed by atoms with Crippen LogP contribution in [-0.4, -0.2) is 21.6 Å². The predicted octanol–water partition coefficient (Wildman–Crippen LogP) is 3.55. The van der Waals surface area contributed by atoms with E-state index in [-0.39, 0.29) is 35.5 Å². The molecule has 1 aliphatic heterocycles. The molecule has 0 unspecified atom stereocenters. The Bertz CT molecular complexity index is 937. The molecule has 0 N–H and O–H groups in total. The molecule has 1 aromatic heterocycles. The fraction of sp³-hybridized carbons (Fsp3) is 0.316. The monoisotopic (exact) mass is 387 g/mol. The number of carbonyl (C=O) groups is 2. The summed E-state index contributed by atoms with van der Waals surface area (Å²) in [6, 6.07) is 5.29. The lowest BCUT2D eigenvalue weighted by molar-refractivity contribution is -0.123. The lowest BCUT2D eigenvalue weighted by Crippen LogP contribution is -2.32. The number of hydrogen-bond acceptors (Lipinski definition) is 3. The third kappa shape index (κ3) is 2.27. The number of amides is 2. The van der Waals surface area contributed by atoms with Crippen LogP contribution in [0.3, 0.4) is 0 Å². The van der Waals surface area contributed by atoms with E-state index >= 15 is 0 Å². The van der Waals surface area contributed by atoms with Crippen LogP contribution in [0.15, 0.2) is 42.7 Å². The minimum absolute atomic E-state index is 0.0964. The first-order valence-corrected chi connectivity index (χ1v) is 9.31. The van der Waals surface area contributed by atoms with Gasteiger partial charge in [0.2, 0.25) is 11.8 Å². The molecule has 1 saturated carbocycles. The van der Waals surface area contributed by atoms with E-state index in [0.29, 0.717) is 22.3 Å². The number of allylic oxidation sites excluding steroid dienone is 2. The van der Waals surface area contributed by atoms with E-state index in [1.807, 2.05) is 6.07 Å². The Morgan fingerprint density at radius 1 is 1.08 bits per heavy atom. The highest BCUT2D eigenvalue weighted by molar-refractivity contribution is 6.35. The number of fused-ring (bicyclic) bond motifs is 5. The number of benzene rings is 1. The molecule has 2 aromatic rings. The second-order valence-electron chi connectivity index (χ2n) is 7.14. The van der Waals surface area contributed by atoms with Gasteiger partial charge in [0.05, 0.1) is 30.3 Å². The number of aromatic nitrogens is 2. The van der Waals surface area contributed by atoms with Gasteiger partial charge in [-0.3, -0.25) is 14.3 Å². The van der Waals surface area contributed by atoms with Crippen molar-refractivity contribution in [1.29, 1.82) is 0 Å². The van der Waals surface area contributed by atoms with Gasteiger partial charge in [0.25, 0.3) is 0 Å². The van der Waals surface area contributed by atoms with Crippen LogP contribution in [0.2, 0.25) is 10.0 Å². The van der Waals surface area contributed by atoms with E-state index in [2.05, 4.69) is 17.3 Å². The summed E-state index contributed by atoms with van der Waals surface area (Å²) in [5.74, 6) is -0.191. The largest absolute Gasteiger partial charge is 0.274 e. The molecule has 3 aliphatic rings. The summed E-state index contributed by atoms with van der Waals surface area (Å²) < 4.78 is 1.67. The first-order valence-electron chi connectivity index (χ1n) is 8.55. The molecule has 2 aliphatic carbocycles. The van der Waals surface area contributed by atoms with Crippen LogP contribution in [0.25, 0.3) is 0 Å². The molecule has 2 bridgehead atoms. The normalized spacial score (nSPS) is 29.1. The zero-order valence-corrected chi connectivity index (χ0v) is 15.2. The Hall–Kier alpha value is -2.11. The molecule has 4 atom stereocenters. The number of carbonyl (C=O) groups excluding carboxylic acids is 2. The predicted molar refractivity (Wildman–Crippen MR) is 98.0 cm³/mol.